The zero-order valence-corrected chi connectivity index (χ0v) is 47.0. The lowest BCUT2D eigenvalue weighted by molar-refractivity contribution is -0.401. The van der Waals surface area contributed by atoms with Gasteiger partial charge in [0.1, 0.15) is 134 Å². The molecule has 7 fully saturated rings. The SMILES string of the molecule is COC1OC(CO)C(OC2OC(CO)C(OC3OC(COC4OC(CO)C(OC5OC(CO)C(O)C(OC6(C(=O)O)CC(O)C(C)C(C(O)CCO)O6)C5O)C(O)C4C)C(OC)C(O)C3O)C(OC3OC(CO)C(O)C(O)C3O)C2O)C(O)C1O.O. The van der Waals surface area contributed by atoms with Crippen LogP contribution in [0.4, 0.5) is 0 Å². The Bertz CT molecular complexity index is 2040. The topological polar surface area (TPSA) is 592 Å². The number of aliphatic hydroxyl groups excluding tert-OH is 19. The molecule has 0 aromatic heterocycles. The lowest BCUT2D eigenvalue weighted by Crippen LogP contribution is -2.68. The minimum atomic E-state index is -2.86. The maximum atomic E-state index is 12.9. The Balaban J connectivity index is 0.0000118. The van der Waals surface area contributed by atoms with E-state index in [1.54, 1.807) is 0 Å². The van der Waals surface area contributed by atoms with Crippen molar-refractivity contribution in [3.05, 3.63) is 0 Å². The monoisotopic (exact) mass is 1270 g/mol. The summed E-state index contributed by atoms with van der Waals surface area (Å²) in [6.07, 6.45) is -58.9. The molecule has 37 heteroatoms. The first-order chi connectivity index (χ1) is 40.3. The second-order valence-corrected chi connectivity index (χ2v) is 22.0. The summed E-state index contributed by atoms with van der Waals surface area (Å²) in [5.41, 5.74) is 0. The van der Waals surface area contributed by atoms with Gasteiger partial charge in [0.2, 0.25) is 0 Å². The second-order valence-electron chi connectivity index (χ2n) is 22.0. The summed E-state index contributed by atoms with van der Waals surface area (Å²) in [7, 11) is 2.26. The first-order valence-corrected chi connectivity index (χ1v) is 27.6. The average molecular weight is 1270 g/mol. The first-order valence-electron chi connectivity index (χ1n) is 27.6. The van der Waals surface area contributed by atoms with E-state index in [9.17, 15) is 107 Å². The number of rotatable bonds is 24. The van der Waals surface area contributed by atoms with E-state index < -0.39 is 273 Å². The summed E-state index contributed by atoms with van der Waals surface area (Å²) in [5.74, 6) is -6.80. The fraction of sp³-hybridized carbons (Fsp3) is 0.980. The summed E-state index contributed by atoms with van der Waals surface area (Å²) in [6, 6.07) is 0. The summed E-state index contributed by atoms with van der Waals surface area (Å²) < 4.78 is 86.6. The normalized spacial score (nSPS) is 49.8. The van der Waals surface area contributed by atoms with Gasteiger partial charge < -0.3 is 179 Å². The van der Waals surface area contributed by atoms with Crippen molar-refractivity contribution in [2.24, 2.45) is 11.8 Å². The van der Waals surface area contributed by atoms with Crippen molar-refractivity contribution >= 4 is 5.97 Å². The largest absolute Gasteiger partial charge is 0.477 e. The zero-order chi connectivity index (χ0) is 62.7. The van der Waals surface area contributed by atoms with Gasteiger partial charge in [0.25, 0.3) is 5.79 Å². The van der Waals surface area contributed by atoms with Crippen LogP contribution in [0.25, 0.3) is 0 Å². The molecule has 7 saturated heterocycles. The smallest absolute Gasteiger partial charge is 0.364 e. The van der Waals surface area contributed by atoms with Crippen LogP contribution in [0, 0.1) is 11.8 Å². The van der Waals surface area contributed by atoms with Crippen LogP contribution in [-0.4, -0.2) is 376 Å². The van der Waals surface area contributed by atoms with Crippen LogP contribution >= 0.6 is 0 Å². The van der Waals surface area contributed by atoms with E-state index in [4.69, 9.17) is 71.1 Å². The van der Waals surface area contributed by atoms with Gasteiger partial charge >= 0.3 is 5.97 Å². The van der Waals surface area contributed by atoms with Crippen molar-refractivity contribution in [1.82, 2.24) is 0 Å². The Kier molecular flexibility index (Phi) is 26.9. The highest BCUT2D eigenvalue weighted by Crippen LogP contribution is 2.42. The van der Waals surface area contributed by atoms with Crippen molar-refractivity contribution in [3.8, 4) is 0 Å². The van der Waals surface area contributed by atoms with Gasteiger partial charge in [-0.25, -0.2) is 4.79 Å². The van der Waals surface area contributed by atoms with Crippen LogP contribution in [-0.2, 0) is 75.8 Å². The Morgan fingerprint density at radius 3 is 1.43 bits per heavy atom. The number of ether oxygens (including phenoxy) is 15. The van der Waals surface area contributed by atoms with Crippen molar-refractivity contribution in [3.63, 3.8) is 0 Å². The summed E-state index contributed by atoms with van der Waals surface area (Å²) in [4.78, 5) is 12.9. The fourth-order valence-electron chi connectivity index (χ4n) is 11.5. The number of carbonyl (C=O) groups is 1. The summed E-state index contributed by atoms with van der Waals surface area (Å²) in [5, 5.41) is 216. The molecule has 35 unspecified atom stereocenters. The molecule has 0 bridgehead atoms. The molecule has 86 heavy (non-hydrogen) atoms. The maximum Gasteiger partial charge on any atom is 0.364 e. The Morgan fingerprint density at radius 2 is 0.895 bits per heavy atom. The molecule has 0 saturated carbocycles. The number of carboxylic acids is 1. The van der Waals surface area contributed by atoms with E-state index >= 15 is 0 Å². The van der Waals surface area contributed by atoms with Gasteiger partial charge in [0.05, 0.1) is 64.1 Å². The molecular formula is C49H86O37. The molecule has 0 aliphatic carbocycles. The number of hydrogen-bond acceptors (Lipinski definition) is 35. The maximum absolute atomic E-state index is 12.9. The van der Waals surface area contributed by atoms with Crippen LogP contribution < -0.4 is 0 Å². The minimum Gasteiger partial charge on any atom is -0.477 e. The van der Waals surface area contributed by atoms with E-state index in [2.05, 4.69) is 0 Å². The molecule has 0 aromatic carbocycles. The van der Waals surface area contributed by atoms with Crippen LogP contribution in [0.5, 0.6) is 0 Å². The van der Waals surface area contributed by atoms with Gasteiger partial charge in [-0.3, -0.25) is 0 Å². The van der Waals surface area contributed by atoms with Crippen molar-refractivity contribution in [1.29, 1.82) is 0 Å². The number of aliphatic carboxylic acids is 1. The number of carboxylic acid groups (broad SMARTS) is 1. The highest BCUT2D eigenvalue weighted by atomic mass is 16.8. The second kappa shape index (κ2) is 31.6. The quantitative estimate of drug-likeness (QED) is 0.0427. The Labute approximate surface area is 489 Å². The highest BCUT2D eigenvalue weighted by molar-refractivity contribution is 5.76. The van der Waals surface area contributed by atoms with Gasteiger partial charge in [-0.05, 0) is 6.42 Å². The molecule has 0 aromatic rings. The number of methoxy groups -OCH3 is 2. The molecule has 35 atom stereocenters. The van der Waals surface area contributed by atoms with E-state index in [1.807, 2.05) is 0 Å². The summed E-state index contributed by atoms with van der Waals surface area (Å²) in [6.45, 7) is -3.17. The molecule has 37 nitrogen and oxygen atoms in total. The van der Waals surface area contributed by atoms with Gasteiger partial charge in [0.15, 0.2) is 37.7 Å². The predicted molar refractivity (Wildman–Crippen MR) is 267 cm³/mol. The van der Waals surface area contributed by atoms with Crippen molar-refractivity contribution < 1.29 is 183 Å². The molecule has 0 amide bonds. The minimum absolute atomic E-state index is 0. The molecule has 0 spiro atoms. The third-order valence-electron chi connectivity index (χ3n) is 16.6. The molecule has 7 aliphatic heterocycles. The molecule has 0 radical (unpaired) electrons. The van der Waals surface area contributed by atoms with E-state index in [0.717, 1.165) is 14.2 Å². The van der Waals surface area contributed by atoms with Crippen LogP contribution in [0.15, 0.2) is 0 Å². The van der Waals surface area contributed by atoms with Crippen LogP contribution in [0.1, 0.15) is 26.7 Å². The zero-order valence-electron chi connectivity index (χ0n) is 47.0. The lowest BCUT2D eigenvalue weighted by atomic mass is 9.85. The molecule has 7 heterocycles. The molecule has 7 rings (SSSR count). The first kappa shape index (κ1) is 73.1. The summed E-state index contributed by atoms with van der Waals surface area (Å²) >= 11 is 0. The van der Waals surface area contributed by atoms with Crippen LogP contribution in [0.3, 0.4) is 0 Å². The molecular weight excluding hydrogens is 1180 g/mol. The molecule has 7 aliphatic rings. The number of aliphatic hydroxyl groups is 19. The van der Waals surface area contributed by atoms with E-state index in [1.165, 1.54) is 13.8 Å². The third kappa shape index (κ3) is 15.1. The van der Waals surface area contributed by atoms with Crippen LogP contribution in [0.2, 0.25) is 0 Å². The lowest BCUT2D eigenvalue weighted by Gasteiger charge is -2.50. The standard InChI is InChI=1S/C49H84O36.H2O/c1-14-17(57)7-49(48(69)70,84-35(14)16(56)5-6-50)85-40-26(60)19(9-52)75-46(33(40)67)80-37-20(10-53)76-42(15(2)24(37)58)73-13-23-36(71-3)28(62)32(66)45(79-23)82-39-22(12-55)78-47(81-38-21(11-54)77-43(72-4)31(65)29(38)63)34(68)41(39)83-44-30(64)27(61)25(59)18(8-51)74-44;/h14-47,50-68H,5-13H2,1-4H3,(H,69,70);1H2. The van der Waals surface area contributed by atoms with Gasteiger partial charge in [-0.2, -0.15) is 0 Å². The van der Waals surface area contributed by atoms with Gasteiger partial charge in [-0.15, -0.1) is 0 Å². The Hall–Kier alpha value is -1.93. The van der Waals surface area contributed by atoms with Crippen molar-refractivity contribution in [2.45, 2.75) is 229 Å². The highest BCUT2D eigenvalue weighted by Gasteiger charge is 2.61. The fourth-order valence-corrected chi connectivity index (χ4v) is 11.5. The van der Waals surface area contributed by atoms with E-state index in [-0.39, 0.29) is 11.9 Å². The van der Waals surface area contributed by atoms with E-state index in [0.29, 0.717) is 0 Å². The average Bonchev–Trinajstić information content (AvgIpc) is 1.28. The number of hydrogen-bond donors (Lipinski definition) is 20. The van der Waals surface area contributed by atoms with Gasteiger partial charge in [-0.1, -0.05) is 13.8 Å². The molecule has 504 valence electrons. The van der Waals surface area contributed by atoms with Gasteiger partial charge in [0, 0.05) is 39.1 Å². The van der Waals surface area contributed by atoms with Crippen molar-refractivity contribution in [2.75, 3.05) is 60.5 Å². The molecule has 22 N–H and O–H groups in total. The Morgan fingerprint density at radius 1 is 0.465 bits per heavy atom. The predicted octanol–water partition coefficient (Wildman–Crippen LogP) is -13.0. The third-order valence-corrected chi connectivity index (χ3v) is 16.6.